The summed E-state index contributed by atoms with van der Waals surface area (Å²) in [7, 11) is 0. The predicted octanol–water partition coefficient (Wildman–Crippen LogP) is 3.33. The number of nitrogens with zero attached hydrogens (tertiary/aromatic N) is 3. The van der Waals surface area contributed by atoms with Crippen LogP contribution < -0.4 is 10.9 Å². The Kier molecular flexibility index (Phi) is 6.40. The summed E-state index contributed by atoms with van der Waals surface area (Å²) < 4.78 is 58.4. The van der Waals surface area contributed by atoms with Gasteiger partial charge >= 0.3 is 0 Å². The van der Waals surface area contributed by atoms with Crippen LogP contribution in [0.3, 0.4) is 0 Å². The molecule has 4 heterocycles. The molecule has 1 amide bonds. The Morgan fingerprint density at radius 2 is 1.95 bits per heavy atom. The van der Waals surface area contributed by atoms with Crippen LogP contribution in [0.25, 0.3) is 0 Å². The molecule has 0 aliphatic carbocycles. The molecular weight excluding hydrogens is 494 g/mol. The molecule has 5 rings (SSSR count). The first kappa shape index (κ1) is 25.2. The standard InChI is InChI=1S/C25H25F4N5O3/c1-13(33-5-4-25(28,29)18(11-33)14-2-3-22(36)30-10-14)24(37)32-21-12-34-19(9-20(35)23(34)31-21)15-6-16(26)8-17(27)7-15/h2-3,6-8,10,12-13,18-20,35H,4-5,9,11H2,1H3,(H,30,36)(H,32,37)/t13-,18+,19?,20?/m0/s1. The number of amides is 1. The Morgan fingerprint density at radius 1 is 1.22 bits per heavy atom. The summed E-state index contributed by atoms with van der Waals surface area (Å²) in [5.74, 6) is -5.80. The maximum absolute atomic E-state index is 14.7. The van der Waals surface area contributed by atoms with Gasteiger partial charge in [-0.3, -0.25) is 14.5 Å². The molecule has 3 N–H and O–H groups in total. The summed E-state index contributed by atoms with van der Waals surface area (Å²) >= 11 is 0. The number of anilines is 1. The van der Waals surface area contributed by atoms with Gasteiger partial charge < -0.3 is 20.0 Å². The second kappa shape index (κ2) is 9.42. The largest absolute Gasteiger partial charge is 0.385 e. The lowest BCUT2D eigenvalue weighted by Gasteiger charge is -2.40. The number of aliphatic hydroxyl groups is 1. The van der Waals surface area contributed by atoms with Gasteiger partial charge in [0.05, 0.1) is 18.0 Å². The van der Waals surface area contributed by atoms with E-state index in [4.69, 9.17) is 0 Å². The molecule has 2 unspecified atom stereocenters. The number of carbonyl (C=O) groups is 1. The number of aliphatic hydroxyl groups excluding tert-OH is 1. The van der Waals surface area contributed by atoms with Gasteiger partial charge in [0.15, 0.2) is 5.82 Å². The number of aromatic nitrogens is 3. The lowest BCUT2D eigenvalue weighted by Crippen LogP contribution is -2.52. The summed E-state index contributed by atoms with van der Waals surface area (Å²) in [6, 6.07) is 4.32. The molecule has 1 fully saturated rings. The second-order valence-electron chi connectivity index (χ2n) is 9.57. The average molecular weight is 519 g/mol. The molecule has 0 radical (unpaired) electrons. The van der Waals surface area contributed by atoms with Crippen molar-refractivity contribution in [1.29, 1.82) is 0 Å². The molecule has 37 heavy (non-hydrogen) atoms. The van der Waals surface area contributed by atoms with Gasteiger partial charge in [0.2, 0.25) is 11.5 Å². The van der Waals surface area contributed by atoms with Gasteiger partial charge in [-0.2, -0.15) is 0 Å². The van der Waals surface area contributed by atoms with E-state index >= 15 is 0 Å². The molecule has 0 spiro atoms. The Bertz CT molecular complexity index is 1350. The maximum atomic E-state index is 14.7. The number of benzene rings is 1. The van der Waals surface area contributed by atoms with Crippen molar-refractivity contribution in [2.24, 2.45) is 0 Å². The summed E-state index contributed by atoms with van der Waals surface area (Å²) in [6.07, 6.45) is 1.47. The fraction of sp³-hybridized carbons (Fsp3) is 0.400. The number of hydrogen-bond acceptors (Lipinski definition) is 5. The number of halogens is 4. The van der Waals surface area contributed by atoms with Crippen LogP contribution in [-0.2, 0) is 4.79 Å². The highest BCUT2D eigenvalue weighted by Gasteiger charge is 2.46. The van der Waals surface area contributed by atoms with Gasteiger partial charge in [-0.05, 0) is 30.2 Å². The van der Waals surface area contributed by atoms with Crippen LogP contribution in [0.2, 0.25) is 0 Å². The number of nitrogens with one attached hydrogen (secondary N) is 2. The SMILES string of the molecule is C[C@@H](C(=O)Nc1cn2c(n1)C(O)CC2c1cc(F)cc(F)c1)N1CCC(F)(F)[C@@H](c2ccc(=O)[nH]c2)C1. The third-order valence-corrected chi connectivity index (χ3v) is 7.16. The van der Waals surface area contributed by atoms with Crippen molar-refractivity contribution < 1.29 is 27.5 Å². The van der Waals surface area contributed by atoms with Crippen molar-refractivity contribution in [2.45, 2.75) is 49.8 Å². The number of carbonyl (C=O) groups excluding carboxylic acids is 1. The van der Waals surface area contributed by atoms with E-state index in [1.807, 2.05) is 0 Å². The highest BCUT2D eigenvalue weighted by molar-refractivity contribution is 5.93. The van der Waals surface area contributed by atoms with E-state index in [0.717, 1.165) is 6.07 Å². The van der Waals surface area contributed by atoms with Gasteiger partial charge in [-0.15, -0.1) is 0 Å². The number of piperidine rings is 1. The minimum atomic E-state index is -3.00. The van der Waals surface area contributed by atoms with Crippen molar-refractivity contribution in [3.63, 3.8) is 0 Å². The highest BCUT2D eigenvalue weighted by Crippen LogP contribution is 2.41. The minimum absolute atomic E-state index is 0.00689. The first-order chi connectivity index (χ1) is 17.5. The van der Waals surface area contributed by atoms with E-state index in [9.17, 15) is 32.3 Å². The van der Waals surface area contributed by atoms with Crippen LogP contribution in [0, 0.1) is 11.6 Å². The number of rotatable bonds is 5. The Hall–Kier alpha value is -3.51. The molecule has 2 aliphatic rings. The number of alkyl halides is 2. The minimum Gasteiger partial charge on any atom is -0.385 e. The quantitative estimate of drug-likeness (QED) is 0.449. The zero-order valence-electron chi connectivity index (χ0n) is 19.8. The van der Waals surface area contributed by atoms with Gasteiger partial charge in [0.1, 0.15) is 23.6 Å². The summed E-state index contributed by atoms with van der Waals surface area (Å²) in [4.78, 5) is 32.7. The molecule has 3 aromatic rings. The monoisotopic (exact) mass is 519 g/mol. The number of pyridine rings is 1. The smallest absolute Gasteiger partial charge is 0.257 e. The Labute approximate surface area is 208 Å². The van der Waals surface area contributed by atoms with Crippen LogP contribution in [0.5, 0.6) is 0 Å². The Morgan fingerprint density at radius 3 is 2.62 bits per heavy atom. The summed E-state index contributed by atoms with van der Waals surface area (Å²) in [5.41, 5.74) is 0.206. The van der Waals surface area contributed by atoms with Crippen molar-refractivity contribution in [3.05, 3.63) is 81.7 Å². The predicted molar refractivity (Wildman–Crippen MR) is 125 cm³/mol. The zero-order valence-corrected chi connectivity index (χ0v) is 19.8. The molecule has 0 saturated carbocycles. The number of aromatic amines is 1. The average Bonchev–Trinajstić information content (AvgIpc) is 3.38. The lowest BCUT2D eigenvalue weighted by atomic mass is 9.87. The van der Waals surface area contributed by atoms with Crippen LogP contribution >= 0.6 is 0 Å². The molecule has 4 atom stereocenters. The molecule has 196 valence electrons. The topological polar surface area (TPSA) is 103 Å². The van der Waals surface area contributed by atoms with Crippen molar-refractivity contribution in [2.75, 3.05) is 18.4 Å². The fourth-order valence-electron chi connectivity index (χ4n) is 5.12. The summed E-state index contributed by atoms with van der Waals surface area (Å²) in [6.45, 7) is 1.49. The number of imidazole rings is 1. The lowest BCUT2D eigenvalue weighted by molar-refractivity contribution is -0.125. The van der Waals surface area contributed by atoms with Crippen LogP contribution in [0.15, 0.2) is 47.5 Å². The molecule has 8 nitrogen and oxygen atoms in total. The van der Waals surface area contributed by atoms with Crippen LogP contribution in [0.4, 0.5) is 23.4 Å². The van der Waals surface area contributed by atoms with E-state index in [2.05, 4.69) is 15.3 Å². The third kappa shape index (κ3) is 4.90. The number of hydrogen-bond donors (Lipinski definition) is 3. The van der Waals surface area contributed by atoms with E-state index < -0.39 is 59.5 Å². The number of likely N-dealkylation sites (tertiary alicyclic amines) is 1. The van der Waals surface area contributed by atoms with E-state index in [1.54, 1.807) is 16.4 Å². The van der Waals surface area contributed by atoms with Gasteiger partial charge in [0, 0.05) is 50.5 Å². The molecule has 0 bridgehead atoms. The van der Waals surface area contributed by atoms with Gasteiger partial charge in [-0.1, -0.05) is 6.07 Å². The zero-order chi connectivity index (χ0) is 26.5. The van der Waals surface area contributed by atoms with Gasteiger partial charge in [-0.25, -0.2) is 22.5 Å². The number of H-pyrrole nitrogens is 1. The van der Waals surface area contributed by atoms with Crippen LogP contribution in [-0.4, -0.2) is 55.5 Å². The van der Waals surface area contributed by atoms with Crippen molar-refractivity contribution in [1.82, 2.24) is 19.4 Å². The van der Waals surface area contributed by atoms with E-state index in [1.165, 1.54) is 36.7 Å². The summed E-state index contributed by atoms with van der Waals surface area (Å²) in [5, 5.41) is 13.1. The first-order valence-corrected chi connectivity index (χ1v) is 11.9. The molecule has 2 aromatic heterocycles. The Balaban J connectivity index is 1.31. The third-order valence-electron chi connectivity index (χ3n) is 7.16. The fourth-order valence-corrected chi connectivity index (χ4v) is 5.12. The highest BCUT2D eigenvalue weighted by atomic mass is 19.3. The van der Waals surface area contributed by atoms with Crippen LogP contribution in [0.1, 0.15) is 54.8 Å². The normalized spacial score (nSPS) is 24.0. The van der Waals surface area contributed by atoms with Crippen molar-refractivity contribution >= 4 is 11.7 Å². The molecular formula is C25H25F4N5O3. The van der Waals surface area contributed by atoms with Crippen molar-refractivity contribution in [3.8, 4) is 0 Å². The molecule has 1 saturated heterocycles. The van der Waals surface area contributed by atoms with E-state index in [0.29, 0.717) is 5.56 Å². The molecule has 1 aromatic carbocycles. The molecule has 2 aliphatic heterocycles. The maximum Gasteiger partial charge on any atom is 0.257 e. The van der Waals surface area contributed by atoms with Gasteiger partial charge in [0.25, 0.3) is 5.92 Å². The number of fused-ring (bicyclic) bond motifs is 1. The molecule has 12 heteroatoms. The first-order valence-electron chi connectivity index (χ1n) is 11.9. The van der Waals surface area contributed by atoms with E-state index in [-0.39, 0.29) is 36.7 Å². The second-order valence-corrected chi connectivity index (χ2v) is 9.57.